The molecular weight excluding hydrogens is 284 g/mol. The average Bonchev–Trinajstić information content (AvgIpc) is 2.62. The van der Waals surface area contributed by atoms with E-state index in [0.29, 0.717) is 6.04 Å². The minimum atomic E-state index is 0.535. The third-order valence-corrected chi connectivity index (χ3v) is 5.12. The predicted molar refractivity (Wildman–Crippen MR) is 96.4 cm³/mol. The second-order valence-electron chi connectivity index (χ2n) is 6.85. The molecule has 0 radical (unpaired) electrons. The summed E-state index contributed by atoms with van der Waals surface area (Å²) in [6.07, 6.45) is 7.68. The van der Waals surface area contributed by atoms with Crippen molar-refractivity contribution in [1.82, 2.24) is 9.80 Å². The molecule has 23 heavy (non-hydrogen) atoms. The standard InChI is InChI=1S/C19H30N4/c20-19(22-12-6-2-7-13-22)21-15-18-11-5-8-14-23(18)16-17-9-3-1-4-10-17/h1,3-4,9-10,18H,2,5-8,11-16H2,(H2,20,21). The Kier molecular flexibility index (Phi) is 5.92. The van der Waals surface area contributed by atoms with Crippen molar-refractivity contribution in [3.63, 3.8) is 0 Å². The number of hydrogen-bond donors (Lipinski definition) is 1. The fourth-order valence-corrected chi connectivity index (χ4v) is 3.71. The van der Waals surface area contributed by atoms with Crippen molar-refractivity contribution in [1.29, 1.82) is 0 Å². The van der Waals surface area contributed by atoms with Crippen LogP contribution in [0.2, 0.25) is 0 Å². The molecule has 2 N–H and O–H groups in total. The second-order valence-corrected chi connectivity index (χ2v) is 6.85. The summed E-state index contributed by atoms with van der Waals surface area (Å²) in [6, 6.07) is 11.3. The highest BCUT2D eigenvalue weighted by Crippen LogP contribution is 2.20. The Morgan fingerprint density at radius 1 is 1.00 bits per heavy atom. The molecule has 1 atom stereocenters. The minimum absolute atomic E-state index is 0.535. The van der Waals surface area contributed by atoms with Crippen LogP contribution in [0.1, 0.15) is 44.1 Å². The molecule has 0 amide bonds. The van der Waals surface area contributed by atoms with E-state index in [2.05, 4.69) is 40.1 Å². The second kappa shape index (κ2) is 8.34. The van der Waals surface area contributed by atoms with Crippen LogP contribution in [0.4, 0.5) is 0 Å². The topological polar surface area (TPSA) is 44.9 Å². The first-order valence-corrected chi connectivity index (χ1v) is 9.16. The zero-order chi connectivity index (χ0) is 15.9. The third kappa shape index (κ3) is 4.71. The summed E-state index contributed by atoms with van der Waals surface area (Å²) in [5.74, 6) is 0.759. The lowest BCUT2D eigenvalue weighted by Crippen LogP contribution is -2.44. The molecule has 2 saturated heterocycles. The first-order valence-electron chi connectivity index (χ1n) is 9.16. The van der Waals surface area contributed by atoms with Gasteiger partial charge < -0.3 is 10.6 Å². The fourth-order valence-electron chi connectivity index (χ4n) is 3.71. The van der Waals surface area contributed by atoms with E-state index in [4.69, 9.17) is 10.7 Å². The van der Waals surface area contributed by atoms with E-state index < -0.39 is 0 Å². The summed E-state index contributed by atoms with van der Waals surface area (Å²) in [4.78, 5) is 9.59. The summed E-state index contributed by atoms with van der Waals surface area (Å²) in [5, 5.41) is 0. The molecule has 1 aromatic rings. The molecule has 1 unspecified atom stereocenters. The Hall–Kier alpha value is -1.55. The van der Waals surface area contributed by atoms with Gasteiger partial charge in [0.25, 0.3) is 0 Å². The van der Waals surface area contributed by atoms with E-state index in [1.165, 1.54) is 50.6 Å². The van der Waals surface area contributed by atoms with Crippen molar-refractivity contribution in [2.45, 2.75) is 51.1 Å². The zero-order valence-corrected chi connectivity index (χ0v) is 14.2. The van der Waals surface area contributed by atoms with Crippen molar-refractivity contribution >= 4 is 5.96 Å². The van der Waals surface area contributed by atoms with Gasteiger partial charge in [-0.2, -0.15) is 0 Å². The SMILES string of the molecule is NC(=NCC1CCCCN1Cc1ccccc1)N1CCCCC1. The van der Waals surface area contributed by atoms with Crippen LogP contribution >= 0.6 is 0 Å². The average molecular weight is 314 g/mol. The normalized spacial score (nSPS) is 23.9. The van der Waals surface area contributed by atoms with Gasteiger partial charge in [0, 0.05) is 25.7 Å². The number of piperidine rings is 2. The van der Waals surface area contributed by atoms with Crippen molar-refractivity contribution in [2.24, 2.45) is 10.7 Å². The van der Waals surface area contributed by atoms with Gasteiger partial charge in [-0.1, -0.05) is 36.8 Å². The predicted octanol–water partition coefficient (Wildman–Crippen LogP) is 2.84. The largest absolute Gasteiger partial charge is 0.370 e. The van der Waals surface area contributed by atoms with Crippen LogP contribution in [0.5, 0.6) is 0 Å². The molecule has 0 aromatic heterocycles. The van der Waals surface area contributed by atoms with E-state index >= 15 is 0 Å². The summed E-state index contributed by atoms with van der Waals surface area (Å²) in [5.41, 5.74) is 7.62. The number of nitrogens with two attached hydrogens (primary N) is 1. The molecule has 4 nitrogen and oxygen atoms in total. The van der Waals surface area contributed by atoms with E-state index in [-0.39, 0.29) is 0 Å². The van der Waals surface area contributed by atoms with Gasteiger partial charge in [0.1, 0.15) is 0 Å². The van der Waals surface area contributed by atoms with Crippen LogP contribution in [0, 0.1) is 0 Å². The van der Waals surface area contributed by atoms with Gasteiger partial charge in [0.05, 0.1) is 6.54 Å². The Labute approximate surface area is 140 Å². The molecular formula is C19H30N4. The van der Waals surface area contributed by atoms with Gasteiger partial charge in [-0.3, -0.25) is 9.89 Å². The number of aliphatic imine (C=N–C) groups is 1. The maximum absolute atomic E-state index is 6.22. The van der Waals surface area contributed by atoms with Gasteiger partial charge in [-0.25, -0.2) is 0 Å². The Bertz CT molecular complexity index is 493. The fraction of sp³-hybridized carbons (Fsp3) is 0.632. The Morgan fingerprint density at radius 3 is 2.52 bits per heavy atom. The highest BCUT2D eigenvalue weighted by Gasteiger charge is 2.22. The number of benzene rings is 1. The molecule has 2 fully saturated rings. The maximum Gasteiger partial charge on any atom is 0.191 e. The molecule has 0 aliphatic carbocycles. The van der Waals surface area contributed by atoms with E-state index in [1.807, 2.05) is 0 Å². The van der Waals surface area contributed by atoms with Crippen LogP contribution in [0.25, 0.3) is 0 Å². The number of likely N-dealkylation sites (tertiary alicyclic amines) is 2. The lowest BCUT2D eigenvalue weighted by molar-refractivity contribution is 0.145. The number of hydrogen-bond acceptors (Lipinski definition) is 2. The maximum atomic E-state index is 6.22. The summed E-state index contributed by atoms with van der Waals surface area (Å²) < 4.78 is 0. The lowest BCUT2D eigenvalue weighted by atomic mass is 10.0. The molecule has 2 heterocycles. The van der Waals surface area contributed by atoms with E-state index in [1.54, 1.807) is 0 Å². The molecule has 3 rings (SSSR count). The Morgan fingerprint density at radius 2 is 1.74 bits per heavy atom. The first-order chi connectivity index (χ1) is 11.3. The van der Waals surface area contributed by atoms with Gasteiger partial charge in [-0.15, -0.1) is 0 Å². The summed E-state index contributed by atoms with van der Waals surface area (Å²) in [6.45, 7) is 5.21. The molecule has 2 aliphatic heterocycles. The van der Waals surface area contributed by atoms with Gasteiger partial charge in [-0.05, 0) is 44.2 Å². The number of nitrogens with zero attached hydrogens (tertiary/aromatic N) is 3. The van der Waals surface area contributed by atoms with E-state index in [0.717, 1.165) is 32.1 Å². The molecule has 4 heteroatoms. The highest BCUT2D eigenvalue weighted by atomic mass is 15.3. The summed E-state index contributed by atoms with van der Waals surface area (Å²) >= 11 is 0. The summed E-state index contributed by atoms with van der Waals surface area (Å²) in [7, 11) is 0. The van der Waals surface area contributed by atoms with Crippen molar-refractivity contribution in [3.05, 3.63) is 35.9 Å². The number of rotatable bonds is 4. The third-order valence-electron chi connectivity index (χ3n) is 5.12. The highest BCUT2D eigenvalue weighted by molar-refractivity contribution is 5.78. The first kappa shape index (κ1) is 16.3. The molecule has 1 aromatic carbocycles. The molecule has 0 spiro atoms. The Balaban J connectivity index is 1.57. The number of guanidine groups is 1. The van der Waals surface area contributed by atoms with E-state index in [9.17, 15) is 0 Å². The van der Waals surface area contributed by atoms with Crippen molar-refractivity contribution < 1.29 is 0 Å². The van der Waals surface area contributed by atoms with Crippen LogP contribution in [0.15, 0.2) is 35.3 Å². The monoisotopic (exact) mass is 314 g/mol. The van der Waals surface area contributed by atoms with Crippen LogP contribution in [-0.4, -0.2) is 48.0 Å². The van der Waals surface area contributed by atoms with Crippen LogP contribution < -0.4 is 5.73 Å². The molecule has 126 valence electrons. The van der Waals surface area contributed by atoms with Crippen LogP contribution in [0.3, 0.4) is 0 Å². The quantitative estimate of drug-likeness (QED) is 0.686. The zero-order valence-electron chi connectivity index (χ0n) is 14.2. The van der Waals surface area contributed by atoms with Crippen molar-refractivity contribution in [3.8, 4) is 0 Å². The minimum Gasteiger partial charge on any atom is -0.370 e. The van der Waals surface area contributed by atoms with Gasteiger partial charge >= 0.3 is 0 Å². The molecule has 0 bridgehead atoms. The molecule has 2 aliphatic rings. The van der Waals surface area contributed by atoms with Crippen LogP contribution in [-0.2, 0) is 6.54 Å². The van der Waals surface area contributed by atoms with Gasteiger partial charge in [0.15, 0.2) is 5.96 Å². The molecule has 0 saturated carbocycles. The smallest absolute Gasteiger partial charge is 0.191 e. The lowest BCUT2D eigenvalue weighted by Gasteiger charge is -2.35. The van der Waals surface area contributed by atoms with Gasteiger partial charge in [0.2, 0.25) is 0 Å². The van der Waals surface area contributed by atoms with Crippen molar-refractivity contribution in [2.75, 3.05) is 26.2 Å².